The van der Waals surface area contributed by atoms with E-state index in [4.69, 9.17) is 22.7 Å². The van der Waals surface area contributed by atoms with Gasteiger partial charge in [-0.05, 0) is 53.6 Å². The molecule has 0 atom stereocenters. The Kier molecular flexibility index (Phi) is 5.56. The Morgan fingerprint density at radius 3 is 1.84 bits per heavy atom. The van der Waals surface area contributed by atoms with Crippen molar-refractivity contribution in [2.75, 3.05) is 0 Å². The third-order valence-corrected chi connectivity index (χ3v) is 5.32. The first-order valence-corrected chi connectivity index (χ1v) is 10.7. The van der Waals surface area contributed by atoms with Gasteiger partial charge in [0.15, 0.2) is 0 Å². The average Bonchev–Trinajstić information content (AvgIpc) is 3.27. The molecular weight excluding hydrogens is 412 g/mol. The topological polar surface area (TPSA) is 34.1 Å². The van der Waals surface area contributed by atoms with Crippen LogP contribution < -0.4 is 4.57 Å². The summed E-state index contributed by atoms with van der Waals surface area (Å²) < 4.78 is 3.96. The highest BCUT2D eigenvalue weighted by Crippen LogP contribution is 2.21. The van der Waals surface area contributed by atoms with Crippen molar-refractivity contribution in [1.29, 1.82) is 0 Å². The minimum absolute atomic E-state index is 0.457. The van der Waals surface area contributed by atoms with Gasteiger partial charge in [0.05, 0.1) is 16.3 Å². The molecule has 4 aromatic carbocycles. The molecule has 0 aliphatic carbocycles. The summed E-state index contributed by atoms with van der Waals surface area (Å²) in [5.74, 6) is 1.52. The summed E-state index contributed by atoms with van der Waals surface area (Å²) in [4.78, 5) is 4.76. The largest absolute Gasteiger partial charge is 0.754 e. The summed E-state index contributed by atoms with van der Waals surface area (Å²) in [6.07, 6.45) is 0. The maximum absolute atomic E-state index is 5.89. The third kappa shape index (κ3) is 3.94. The lowest BCUT2D eigenvalue weighted by Gasteiger charge is -2.12. The van der Waals surface area contributed by atoms with Gasteiger partial charge in [-0.2, -0.15) is 4.57 Å². The average molecular weight is 433 g/mol. The number of benzene rings is 4. The number of hydrogen-bond donors (Lipinski definition) is 0. The van der Waals surface area contributed by atoms with Gasteiger partial charge >= 0.3 is 5.82 Å². The van der Waals surface area contributed by atoms with Crippen molar-refractivity contribution in [2.45, 2.75) is 0 Å². The van der Waals surface area contributed by atoms with Gasteiger partial charge in [-0.25, -0.2) is 0 Å². The molecule has 0 unspecified atom stereocenters. The fourth-order valence-corrected chi connectivity index (χ4v) is 3.87. The molecule has 5 aromatic rings. The van der Waals surface area contributed by atoms with Crippen LogP contribution in [0.4, 0.5) is 5.69 Å². The second-order valence-corrected chi connectivity index (χ2v) is 7.57. The Bertz CT molecular complexity index is 1350. The van der Waals surface area contributed by atoms with Crippen molar-refractivity contribution in [2.24, 2.45) is 4.99 Å². The van der Waals surface area contributed by atoms with E-state index in [2.05, 4.69) is 28.8 Å². The molecule has 0 amide bonds. The normalized spacial score (nSPS) is 11.4. The number of nitrogens with zero attached hydrogens (tertiary/aromatic N) is 4. The van der Waals surface area contributed by atoms with Gasteiger partial charge in [-0.3, -0.25) is 4.99 Å². The zero-order chi connectivity index (χ0) is 21.8. The van der Waals surface area contributed by atoms with Crippen molar-refractivity contribution >= 4 is 23.4 Å². The molecule has 4 nitrogen and oxygen atoms in total. The number of rotatable bonds is 5. The first-order chi connectivity index (χ1) is 15.8. The maximum Gasteiger partial charge on any atom is 0.314 e. The highest BCUT2D eigenvalue weighted by Gasteiger charge is 2.29. The highest BCUT2D eigenvalue weighted by atomic mass is 32.1. The predicted molar refractivity (Wildman–Crippen MR) is 131 cm³/mol. The first kappa shape index (κ1) is 19.8. The molecule has 5 rings (SSSR count). The molecule has 0 aliphatic rings. The van der Waals surface area contributed by atoms with Crippen LogP contribution in [0, 0.1) is 0 Å². The highest BCUT2D eigenvalue weighted by molar-refractivity contribution is 7.78. The summed E-state index contributed by atoms with van der Waals surface area (Å²) in [6.45, 7) is 0. The monoisotopic (exact) mass is 432 g/mol. The van der Waals surface area contributed by atoms with E-state index < -0.39 is 0 Å². The molecule has 5 heteroatoms. The fraction of sp³-hybridized carbons (Fsp3) is 0. The van der Waals surface area contributed by atoms with Crippen LogP contribution in [0.15, 0.2) is 126 Å². The molecule has 0 saturated heterocycles. The van der Waals surface area contributed by atoms with Crippen LogP contribution in [0.25, 0.3) is 22.8 Å². The van der Waals surface area contributed by atoms with Crippen molar-refractivity contribution in [3.8, 4) is 22.8 Å². The summed E-state index contributed by atoms with van der Waals surface area (Å²) in [6, 6.07) is 40.0. The van der Waals surface area contributed by atoms with Crippen LogP contribution in [-0.4, -0.2) is 14.8 Å². The molecule has 0 fully saturated rings. The van der Waals surface area contributed by atoms with Crippen molar-refractivity contribution in [1.82, 2.24) is 9.78 Å². The SMILES string of the molecule is [S-]C(=Nc1ccccc1)c1n(-c2ccccc2)nc(-c2ccccc2)[n+]1-c1ccccc1. The number of hydrogen-bond acceptors (Lipinski definition) is 3. The Morgan fingerprint density at radius 2 is 1.22 bits per heavy atom. The molecule has 1 aromatic heterocycles. The third-order valence-electron chi connectivity index (χ3n) is 5.04. The first-order valence-electron chi connectivity index (χ1n) is 10.3. The van der Waals surface area contributed by atoms with Gasteiger partial charge in [0, 0.05) is 0 Å². The zero-order valence-corrected chi connectivity index (χ0v) is 18.1. The van der Waals surface area contributed by atoms with E-state index in [0.29, 0.717) is 5.04 Å². The lowest BCUT2D eigenvalue weighted by atomic mass is 10.2. The molecular formula is C27H20N4S. The van der Waals surface area contributed by atoms with Crippen LogP contribution in [0.3, 0.4) is 0 Å². The van der Waals surface area contributed by atoms with E-state index in [1.54, 1.807) is 0 Å². The summed E-state index contributed by atoms with van der Waals surface area (Å²) in [7, 11) is 0. The van der Waals surface area contributed by atoms with E-state index in [1.807, 2.05) is 102 Å². The smallest absolute Gasteiger partial charge is 0.314 e. The second kappa shape index (κ2) is 8.96. The van der Waals surface area contributed by atoms with Gasteiger partial charge in [-0.15, -0.1) is 0 Å². The van der Waals surface area contributed by atoms with Crippen molar-refractivity contribution in [3.05, 3.63) is 127 Å². The lowest BCUT2D eigenvalue weighted by Crippen LogP contribution is -2.39. The van der Waals surface area contributed by atoms with Crippen LogP contribution in [0.5, 0.6) is 0 Å². The standard InChI is InChI=1S/C27H20N4S/c32-26(28-22-15-7-2-8-16-22)27-30(23-17-9-3-10-18-23)25(21-13-5-1-6-14-21)29-31(27)24-19-11-4-12-20-24/h1-20H. The molecule has 154 valence electrons. The Morgan fingerprint density at radius 1 is 0.688 bits per heavy atom. The number of para-hydroxylation sites is 3. The van der Waals surface area contributed by atoms with E-state index in [1.165, 1.54) is 0 Å². The maximum atomic E-state index is 5.89. The van der Waals surface area contributed by atoms with Gasteiger partial charge in [0.1, 0.15) is 11.4 Å². The molecule has 0 saturated carbocycles. The minimum Gasteiger partial charge on any atom is -0.754 e. The van der Waals surface area contributed by atoms with E-state index >= 15 is 0 Å². The molecule has 0 radical (unpaired) electrons. The van der Waals surface area contributed by atoms with Crippen molar-refractivity contribution in [3.63, 3.8) is 0 Å². The lowest BCUT2D eigenvalue weighted by molar-refractivity contribution is -0.585. The second-order valence-electron chi connectivity index (χ2n) is 7.18. The molecule has 1 heterocycles. The molecule has 0 bridgehead atoms. The van der Waals surface area contributed by atoms with E-state index in [-0.39, 0.29) is 0 Å². The van der Waals surface area contributed by atoms with Gasteiger partial charge in [0.2, 0.25) is 0 Å². The quantitative estimate of drug-likeness (QED) is 0.160. The number of aromatic nitrogens is 3. The zero-order valence-electron chi connectivity index (χ0n) is 17.2. The van der Waals surface area contributed by atoms with Crippen LogP contribution >= 0.6 is 0 Å². The van der Waals surface area contributed by atoms with E-state index in [0.717, 1.165) is 34.3 Å². The van der Waals surface area contributed by atoms with Gasteiger partial charge in [-0.1, -0.05) is 77.5 Å². The molecule has 0 N–H and O–H groups in total. The minimum atomic E-state index is 0.457. The Hall–Kier alpha value is -4.09. The summed E-state index contributed by atoms with van der Waals surface area (Å²) in [5, 5.41) is 5.48. The predicted octanol–water partition coefficient (Wildman–Crippen LogP) is 5.44. The molecule has 0 spiro atoms. The van der Waals surface area contributed by atoms with Gasteiger partial charge < -0.3 is 12.6 Å². The van der Waals surface area contributed by atoms with Crippen LogP contribution in [0.2, 0.25) is 0 Å². The van der Waals surface area contributed by atoms with Crippen LogP contribution in [0.1, 0.15) is 5.82 Å². The number of aliphatic imine (C=N–C) groups is 1. The summed E-state index contributed by atoms with van der Waals surface area (Å²) >= 11 is 5.89. The van der Waals surface area contributed by atoms with Crippen molar-refractivity contribution < 1.29 is 4.57 Å². The van der Waals surface area contributed by atoms with E-state index in [9.17, 15) is 0 Å². The van der Waals surface area contributed by atoms with Crippen LogP contribution in [-0.2, 0) is 12.6 Å². The van der Waals surface area contributed by atoms with Gasteiger partial charge in [0.25, 0.3) is 5.82 Å². The molecule has 0 aliphatic heterocycles. The molecule has 32 heavy (non-hydrogen) atoms. The Labute approximate surface area is 192 Å². The fourth-order valence-electron chi connectivity index (χ4n) is 3.58. The summed E-state index contributed by atoms with van der Waals surface area (Å²) in [5.41, 5.74) is 3.68. The Balaban J connectivity index is 1.83.